The Hall–Kier alpha value is -2.23. The van der Waals surface area contributed by atoms with Crippen molar-refractivity contribution in [1.29, 1.82) is 0 Å². The van der Waals surface area contributed by atoms with Crippen LogP contribution in [0, 0.1) is 0 Å². The van der Waals surface area contributed by atoms with Crippen LogP contribution >= 0.6 is 11.6 Å². The van der Waals surface area contributed by atoms with Crippen LogP contribution in [0.2, 0.25) is 5.15 Å². The SMILES string of the molecule is CN=C(NCCNS(=O)(=O)c1cccnc1)NCCc1ccc(Cl)nc1. The van der Waals surface area contributed by atoms with Crippen LogP contribution in [-0.4, -0.2) is 51.0 Å². The molecule has 2 aromatic heterocycles. The number of aliphatic imine (C=N–C) groups is 1. The molecule has 3 N–H and O–H groups in total. The van der Waals surface area contributed by atoms with Gasteiger partial charge < -0.3 is 10.6 Å². The summed E-state index contributed by atoms with van der Waals surface area (Å²) in [5, 5.41) is 6.67. The number of hydrogen-bond acceptors (Lipinski definition) is 5. The van der Waals surface area contributed by atoms with Gasteiger partial charge >= 0.3 is 0 Å². The molecule has 140 valence electrons. The molecule has 0 aliphatic heterocycles. The van der Waals surface area contributed by atoms with Gasteiger partial charge in [-0.25, -0.2) is 18.1 Å². The summed E-state index contributed by atoms with van der Waals surface area (Å²) >= 11 is 5.75. The molecule has 0 amide bonds. The second-order valence-corrected chi connectivity index (χ2v) is 7.41. The smallest absolute Gasteiger partial charge is 0.242 e. The number of hydrogen-bond donors (Lipinski definition) is 3. The third kappa shape index (κ3) is 6.58. The van der Waals surface area contributed by atoms with Crippen LogP contribution in [0.5, 0.6) is 0 Å². The molecule has 2 aromatic rings. The predicted octanol–water partition coefficient (Wildman–Crippen LogP) is 0.816. The van der Waals surface area contributed by atoms with Crippen molar-refractivity contribution >= 4 is 27.6 Å². The molecule has 2 heterocycles. The van der Waals surface area contributed by atoms with E-state index in [0.717, 1.165) is 12.0 Å². The number of rotatable bonds is 8. The minimum Gasteiger partial charge on any atom is -0.356 e. The maximum atomic E-state index is 12.1. The molecule has 0 aliphatic rings. The molecule has 0 aromatic carbocycles. The third-order valence-electron chi connectivity index (χ3n) is 3.37. The minimum atomic E-state index is -3.55. The number of nitrogens with zero attached hydrogens (tertiary/aromatic N) is 3. The number of aromatic nitrogens is 2. The number of pyridine rings is 2. The van der Waals surface area contributed by atoms with E-state index in [4.69, 9.17) is 11.6 Å². The summed E-state index contributed by atoms with van der Waals surface area (Å²) in [6.45, 7) is 1.27. The summed E-state index contributed by atoms with van der Waals surface area (Å²) in [4.78, 5) is 12.1. The van der Waals surface area contributed by atoms with Crippen LogP contribution in [0.1, 0.15) is 5.56 Å². The van der Waals surface area contributed by atoms with Crippen LogP contribution in [0.4, 0.5) is 0 Å². The maximum absolute atomic E-state index is 12.1. The monoisotopic (exact) mass is 396 g/mol. The van der Waals surface area contributed by atoms with Gasteiger partial charge in [0, 0.05) is 45.3 Å². The van der Waals surface area contributed by atoms with E-state index in [2.05, 4.69) is 30.3 Å². The fraction of sp³-hybridized carbons (Fsp3) is 0.312. The lowest BCUT2D eigenvalue weighted by molar-refractivity contribution is 0.580. The van der Waals surface area contributed by atoms with Crippen molar-refractivity contribution in [3.8, 4) is 0 Å². The minimum absolute atomic E-state index is 0.138. The molecule has 0 saturated carbocycles. The van der Waals surface area contributed by atoms with Crippen LogP contribution < -0.4 is 15.4 Å². The Morgan fingerprint density at radius 1 is 1.15 bits per heavy atom. The molecule has 10 heteroatoms. The van der Waals surface area contributed by atoms with Crippen LogP contribution in [0.25, 0.3) is 0 Å². The van der Waals surface area contributed by atoms with Crippen molar-refractivity contribution in [2.24, 2.45) is 4.99 Å². The Kier molecular flexibility index (Phi) is 7.76. The second-order valence-electron chi connectivity index (χ2n) is 5.25. The summed E-state index contributed by atoms with van der Waals surface area (Å²) in [5.74, 6) is 0.590. The first-order valence-electron chi connectivity index (χ1n) is 7.96. The summed E-state index contributed by atoms with van der Waals surface area (Å²) in [5.41, 5.74) is 1.06. The summed E-state index contributed by atoms with van der Waals surface area (Å²) in [6, 6.07) is 6.74. The Morgan fingerprint density at radius 2 is 1.96 bits per heavy atom. The number of halogens is 1. The average molecular weight is 397 g/mol. The Labute approximate surface area is 158 Å². The van der Waals surface area contributed by atoms with Crippen LogP contribution in [-0.2, 0) is 16.4 Å². The molecule has 0 bridgehead atoms. The largest absolute Gasteiger partial charge is 0.356 e. The van der Waals surface area contributed by atoms with Gasteiger partial charge in [-0.3, -0.25) is 9.98 Å². The van der Waals surface area contributed by atoms with Crippen molar-refractivity contribution in [3.63, 3.8) is 0 Å². The summed E-state index contributed by atoms with van der Waals surface area (Å²) in [6.07, 6.45) is 5.32. The van der Waals surface area contributed by atoms with E-state index in [0.29, 0.717) is 24.2 Å². The highest BCUT2D eigenvalue weighted by molar-refractivity contribution is 7.89. The molecule has 26 heavy (non-hydrogen) atoms. The second kappa shape index (κ2) is 10.0. The van der Waals surface area contributed by atoms with E-state index in [9.17, 15) is 8.42 Å². The highest BCUT2D eigenvalue weighted by Crippen LogP contribution is 2.05. The molecule has 0 aliphatic carbocycles. The molecule has 0 atom stereocenters. The number of guanidine groups is 1. The van der Waals surface area contributed by atoms with Gasteiger partial charge in [0.15, 0.2) is 5.96 Å². The molecule has 8 nitrogen and oxygen atoms in total. The first kappa shape index (κ1) is 20.1. The fourth-order valence-electron chi connectivity index (χ4n) is 2.06. The molecule has 0 saturated heterocycles. The lowest BCUT2D eigenvalue weighted by Crippen LogP contribution is -2.42. The quantitative estimate of drug-likeness (QED) is 0.264. The van der Waals surface area contributed by atoms with Crippen LogP contribution in [0.15, 0.2) is 52.7 Å². The predicted molar refractivity (Wildman–Crippen MR) is 102 cm³/mol. The van der Waals surface area contributed by atoms with Gasteiger partial charge in [-0.15, -0.1) is 0 Å². The first-order valence-corrected chi connectivity index (χ1v) is 9.82. The zero-order valence-electron chi connectivity index (χ0n) is 14.3. The van der Waals surface area contributed by atoms with Gasteiger partial charge in [-0.2, -0.15) is 0 Å². The van der Waals surface area contributed by atoms with E-state index in [1.165, 1.54) is 18.5 Å². The molecule has 0 radical (unpaired) electrons. The van der Waals surface area contributed by atoms with E-state index in [1.54, 1.807) is 25.4 Å². The highest BCUT2D eigenvalue weighted by Gasteiger charge is 2.12. The van der Waals surface area contributed by atoms with E-state index in [1.807, 2.05) is 6.07 Å². The normalized spacial score (nSPS) is 12.0. The lowest BCUT2D eigenvalue weighted by Gasteiger charge is -2.12. The van der Waals surface area contributed by atoms with Gasteiger partial charge in [0.1, 0.15) is 10.0 Å². The van der Waals surface area contributed by atoms with E-state index < -0.39 is 10.0 Å². The lowest BCUT2D eigenvalue weighted by atomic mass is 10.2. The van der Waals surface area contributed by atoms with Gasteiger partial charge in [0.2, 0.25) is 10.0 Å². The molecule has 2 rings (SSSR count). The first-order chi connectivity index (χ1) is 12.5. The standard InChI is InChI=1S/C16H21ClN6O2S/c1-18-16(20-8-6-13-4-5-15(17)22-11-13)21-9-10-23-26(24,25)14-3-2-7-19-12-14/h2-5,7,11-12,23H,6,8-10H2,1H3,(H2,18,20,21). The van der Waals surface area contributed by atoms with Crippen molar-refractivity contribution in [1.82, 2.24) is 25.3 Å². The Morgan fingerprint density at radius 3 is 2.62 bits per heavy atom. The summed E-state index contributed by atoms with van der Waals surface area (Å²) in [7, 11) is -1.90. The Bertz CT molecular complexity index is 812. The topological polar surface area (TPSA) is 108 Å². The average Bonchev–Trinajstić information content (AvgIpc) is 2.66. The van der Waals surface area contributed by atoms with Gasteiger partial charge in [-0.1, -0.05) is 17.7 Å². The molecular weight excluding hydrogens is 376 g/mol. The zero-order chi connectivity index (χ0) is 18.8. The van der Waals surface area contributed by atoms with Crippen molar-refractivity contribution < 1.29 is 8.42 Å². The zero-order valence-corrected chi connectivity index (χ0v) is 15.9. The van der Waals surface area contributed by atoms with E-state index >= 15 is 0 Å². The van der Waals surface area contributed by atoms with Gasteiger partial charge in [-0.05, 0) is 30.2 Å². The third-order valence-corrected chi connectivity index (χ3v) is 5.04. The van der Waals surface area contributed by atoms with Gasteiger partial charge in [0.25, 0.3) is 0 Å². The van der Waals surface area contributed by atoms with Crippen molar-refractivity contribution in [3.05, 3.63) is 53.6 Å². The van der Waals surface area contributed by atoms with Crippen molar-refractivity contribution in [2.75, 3.05) is 26.7 Å². The van der Waals surface area contributed by atoms with Crippen LogP contribution in [0.3, 0.4) is 0 Å². The molecular formula is C16H21ClN6O2S. The number of sulfonamides is 1. The van der Waals surface area contributed by atoms with Crippen molar-refractivity contribution in [2.45, 2.75) is 11.3 Å². The Balaban J connectivity index is 1.69. The highest BCUT2D eigenvalue weighted by atomic mass is 35.5. The molecule has 0 unspecified atom stereocenters. The molecule has 0 spiro atoms. The van der Waals surface area contributed by atoms with E-state index in [-0.39, 0.29) is 11.4 Å². The summed E-state index contributed by atoms with van der Waals surface area (Å²) < 4.78 is 26.6. The maximum Gasteiger partial charge on any atom is 0.242 e. The molecule has 0 fully saturated rings. The number of nitrogens with one attached hydrogen (secondary N) is 3. The van der Waals surface area contributed by atoms with Gasteiger partial charge in [0.05, 0.1) is 0 Å². The fourth-order valence-corrected chi connectivity index (χ4v) is 3.16.